The Hall–Kier alpha value is -0.290. The fourth-order valence-corrected chi connectivity index (χ4v) is 1.74. The summed E-state index contributed by atoms with van der Waals surface area (Å²) < 4.78 is 36.3. The highest BCUT2D eigenvalue weighted by Crippen LogP contribution is 2.23. The topological polar surface area (TPSA) is 15.3 Å². The van der Waals surface area contributed by atoms with Gasteiger partial charge in [0.15, 0.2) is 0 Å². The van der Waals surface area contributed by atoms with Crippen LogP contribution in [-0.4, -0.2) is 42.8 Å². The molecule has 84 valence electrons. The average molecular weight is 210 g/mol. The van der Waals surface area contributed by atoms with Gasteiger partial charge in [0.1, 0.15) is 0 Å². The van der Waals surface area contributed by atoms with Gasteiger partial charge in [-0.05, 0) is 13.8 Å². The van der Waals surface area contributed by atoms with Crippen LogP contribution in [0, 0.1) is 0 Å². The number of hydrogen-bond donors (Lipinski definition) is 1. The predicted octanol–water partition coefficient (Wildman–Crippen LogP) is 1.62. The molecule has 0 aliphatic carbocycles. The highest BCUT2D eigenvalue weighted by Gasteiger charge is 2.34. The zero-order valence-corrected chi connectivity index (χ0v) is 8.56. The van der Waals surface area contributed by atoms with Crippen molar-refractivity contribution < 1.29 is 13.2 Å². The van der Waals surface area contributed by atoms with Gasteiger partial charge in [0.05, 0.1) is 6.42 Å². The Bertz CT molecular complexity index is 179. The number of rotatable bonds is 2. The van der Waals surface area contributed by atoms with Crippen LogP contribution in [0.5, 0.6) is 0 Å². The molecule has 1 saturated heterocycles. The number of piperazine rings is 1. The first-order chi connectivity index (χ1) is 6.38. The van der Waals surface area contributed by atoms with Gasteiger partial charge < -0.3 is 5.32 Å². The van der Waals surface area contributed by atoms with Gasteiger partial charge in [0.25, 0.3) is 0 Å². The van der Waals surface area contributed by atoms with Crippen molar-refractivity contribution in [3.8, 4) is 0 Å². The maximum Gasteiger partial charge on any atom is 0.390 e. The standard InChI is InChI=1S/C9H17F3N2/c1-7(2)14-4-3-13-8(6-14)5-9(10,11)12/h7-8,13H,3-6H2,1-2H3. The Balaban J connectivity index is 2.40. The van der Waals surface area contributed by atoms with Crippen LogP contribution in [0.4, 0.5) is 13.2 Å². The lowest BCUT2D eigenvalue weighted by atomic mass is 10.1. The van der Waals surface area contributed by atoms with Crippen LogP contribution in [-0.2, 0) is 0 Å². The van der Waals surface area contributed by atoms with Crippen molar-refractivity contribution in [1.29, 1.82) is 0 Å². The van der Waals surface area contributed by atoms with Gasteiger partial charge in [-0.15, -0.1) is 0 Å². The Morgan fingerprint density at radius 2 is 2.07 bits per heavy atom. The van der Waals surface area contributed by atoms with Crippen LogP contribution >= 0.6 is 0 Å². The van der Waals surface area contributed by atoms with Gasteiger partial charge >= 0.3 is 6.18 Å². The molecular weight excluding hydrogens is 193 g/mol. The molecular formula is C9H17F3N2. The van der Waals surface area contributed by atoms with Crippen molar-refractivity contribution in [3.05, 3.63) is 0 Å². The van der Waals surface area contributed by atoms with E-state index in [2.05, 4.69) is 10.2 Å². The molecule has 14 heavy (non-hydrogen) atoms. The van der Waals surface area contributed by atoms with E-state index in [9.17, 15) is 13.2 Å². The van der Waals surface area contributed by atoms with Gasteiger partial charge in [-0.25, -0.2) is 0 Å². The van der Waals surface area contributed by atoms with E-state index in [4.69, 9.17) is 0 Å². The second-order valence-corrected chi connectivity index (χ2v) is 4.06. The van der Waals surface area contributed by atoms with Crippen molar-refractivity contribution >= 4 is 0 Å². The van der Waals surface area contributed by atoms with Crippen molar-refractivity contribution in [2.75, 3.05) is 19.6 Å². The lowest BCUT2D eigenvalue weighted by Gasteiger charge is -2.36. The van der Waals surface area contributed by atoms with E-state index in [-0.39, 0.29) is 0 Å². The molecule has 0 bridgehead atoms. The molecule has 1 atom stereocenters. The van der Waals surface area contributed by atoms with Crippen LogP contribution in [0.15, 0.2) is 0 Å². The molecule has 1 fully saturated rings. The molecule has 1 unspecified atom stereocenters. The maximum absolute atomic E-state index is 12.1. The van der Waals surface area contributed by atoms with Crippen LogP contribution in [0.2, 0.25) is 0 Å². The lowest BCUT2D eigenvalue weighted by molar-refractivity contribution is -0.142. The third-order valence-electron chi connectivity index (χ3n) is 2.50. The summed E-state index contributed by atoms with van der Waals surface area (Å²) in [5.74, 6) is 0. The number of halogens is 3. The molecule has 1 heterocycles. The number of hydrogen-bond acceptors (Lipinski definition) is 2. The van der Waals surface area contributed by atoms with Gasteiger partial charge in [-0.2, -0.15) is 13.2 Å². The maximum atomic E-state index is 12.1. The molecule has 2 nitrogen and oxygen atoms in total. The van der Waals surface area contributed by atoms with Crippen LogP contribution in [0.25, 0.3) is 0 Å². The van der Waals surface area contributed by atoms with Crippen LogP contribution < -0.4 is 5.32 Å². The highest BCUT2D eigenvalue weighted by atomic mass is 19.4. The summed E-state index contributed by atoms with van der Waals surface area (Å²) in [6.45, 7) is 6.01. The number of nitrogens with zero attached hydrogens (tertiary/aromatic N) is 1. The molecule has 0 radical (unpaired) electrons. The van der Waals surface area contributed by atoms with Gasteiger partial charge in [-0.3, -0.25) is 4.90 Å². The first-order valence-corrected chi connectivity index (χ1v) is 4.92. The summed E-state index contributed by atoms with van der Waals surface area (Å²) in [4.78, 5) is 2.08. The molecule has 0 aromatic heterocycles. The Morgan fingerprint density at radius 3 is 2.57 bits per heavy atom. The molecule has 0 aromatic rings. The Labute approximate surface area is 82.5 Å². The van der Waals surface area contributed by atoms with Gasteiger partial charge in [-0.1, -0.05) is 0 Å². The van der Waals surface area contributed by atoms with Gasteiger partial charge in [0.2, 0.25) is 0 Å². The highest BCUT2D eigenvalue weighted by molar-refractivity contribution is 4.81. The van der Waals surface area contributed by atoms with Crippen molar-refractivity contribution in [1.82, 2.24) is 10.2 Å². The fourth-order valence-electron chi connectivity index (χ4n) is 1.74. The lowest BCUT2D eigenvalue weighted by Crippen LogP contribution is -2.53. The molecule has 0 spiro atoms. The van der Waals surface area contributed by atoms with Crippen molar-refractivity contribution in [3.63, 3.8) is 0 Å². The summed E-state index contributed by atoms with van der Waals surface area (Å²) in [5.41, 5.74) is 0. The normalized spacial score (nSPS) is 25.7. The second kappa shape index (κ2) is 4.49. The largest absolute Gasteiger partial charge is 0.390 e. The van der Waals surface area contributed by atoms with E-state index >= 15 is 0 Å². The van der Waals surface area contributed by atoms with E-state index < -0.39 is 18.6 Å². The summed E-state index contributed by atoms with van der Waals surface area (Å²) in [7, 11) is 0. The summed E-state index contributed by atoms with van der Waals surface area (Å²) in [5, 5.41) is 2.90. The van der Waals surface area contributed by atoms with Gasteiger partial charge in [0, 0.05) is 31.7 Å². The SMILES string of the molecule is CC(C)N1CCNC(CC(F)(F)F)C1. The third kappa shape index (κ3) is 3.84. The molecule has 5 heteroatoms. The summed E-state index contributed by atoms with van der Waals surface area (Å²) >= 11 is 0. The monoisotopic (exact) mass is 210 g/mol. The second-order valence-electron chi connectivity index (χ2n) is 4.06. The first kappa shape index (κ1) is 11.8. The minimum absolute atomic E-state index is 0.327. The zero-order chi connectivity index (χ0) is 10.8. The van der Waals surface area contributed by atoms with Crippen molar-refractivity contribution in [2.45, 2.75) is 38.5 Å². The first-order valence-electron chi connectivity index (χ1n) is 4.92. The molecule has 1 rings (SSSR count). The quantitative estimate of drug-likeness (QED) is 0.745. The molecule has 1 aliphatic heterocycles. The molecule has 0 aromatic carbocycles. The Kier molecular flexibility index (Phi) is 3.78. The van der Waals surface area contributed by atoms with E-state index in [1.54, 1.807) is 0 Å². The molecule has 1 N–H and O–H groups in total. The summed E-state index contributed by atoms with van der Waals surface area (Å²) in [6, 6.07) is -0.112. The molecule has 1 aliphatic rings. The fraction of sp³-hybridized carbons (Fsp3) is 1.00. The predicted molar refractivity (Wildman–Crippen MR) is 49.2 cm³/mol. The van der Waals surface area contributed by atoms with Crippen LogP contribution in [0.3, 0.4) is 0 Å². The minimum atomic E-state index is -4.06. The minimum Gasteiger partial charge on any atom is -0.311 e. The number of nitrogens with one attached hydrogen (secondary N) is 1. The van der Waals surface area contributed by atoms with Crippen molar-refractivity contribution in [2.24, 2.45) is 0 Å². The van der Waals surface area contributed by atoms with E-state index in [1.807, 2.05) is 13.8 Å². The smallest absolute Gasteiger partial charge is 0.311 e. The molecule has 0 amide bonds. The van der Waals surface area contributed by atoms with E-state index in [1.165, 1.54) is 0 Å². The molecule has 0 saturated carbocycles. The number of alkyl halides is 3. The Morgan fingerprint density at radius 1 is 1.43 bits per heavy atom. The van der Waals surface area contributed by atoms with E-state index in [0.717, 1.165) is 6.54 Å². The average Bonchev–Trinajstić information content (AvgIpc) is 2.01. The van der Waals surface area contributed by atoms with Crippen LogP contribution in [0.1, 0.15) is 20.3 Å². The third-order valence-corrected chi connectivity index (χ3v) is 2.50. The summed E-state index contributed by atoms with van der Waals surface area (Å²) in [6.07, 6.45) is -4.78. The van der Waals surface area contributed by atoms with E-state index in [0.29, 0.717) is 19.1 Å². The zero-order valence-electron chi connectivity index (χ0n) is 8.56.